The van der Waals surface area contributed by atoms with Crippen LogP contribution < -0.4 is 5.73 Å². The quantitative estimate of drug-likeness (QED) is 0.351. The van der Waals surface area contributed by atoms with Gasteiger partial charge in [0.25, 0.3) is 5.09 Å². The van der Waals surface area contributed by atoms with Crippen molar-refractivity contribution in [1.82, 2.24) is 0 Å². The maximum atomic E-state index is 10.2. The number of rotatable bonds is 6. The maximum absolute atomic E-state index is 10.2. The van der Waals surface area contributed by atoms with E-state index < -0.39 is 5.09 Å². The molecule has 2 aliphatic carbocycles. The van der Waals surface area contributed by atoms with Gasteiger partial charge in [-0.3, -0.25) is 0 Å². The van der Waals surface area contributed by atoms with Crippen LogP contribution in [0.1, 0.15) is 58.8 Å². The Kier molecular flexibility index (Phi) is 4.37. The van der Waals surface area contributed by atoms with Gasteiger partial charge in [0, 0.05) is 5.54 Å². The van der Waals surface area contributed by atoms with Crippen molar-refractivity contribution in [1.29, 1.82) is 0 Å². The Morgan fingerprint density at radius 3 is 3.00 bits per heavy atom. The van der Waals surface area contributed by atoms with Gasteiger partial charge >= 0.3 is 0 Å². The molecule has 0 aromatic rings. The van der Waals surface area contributed by atoms with Crippen LogP contribution in [0.2, 0.25) is 0 Å². The van der Waals surface area contributed by atoms with Gasteiger partial charge in [-0.1, -0.05) is 25.0 Å². The van der Waals surface area contributed by atoms with Gasteiger partial charge in [0.1, 0.15) is 0 Å². The van der Waals surface area contributed by atoms with Crippen molar-refractivity contribution >= 4 is 0 Å². The summed E-state index contributed by atoms with van der Waals surface area (Å²) in [5.74, 6) is 0.738. The van der Waals surface area contributed by atoms with Gasteiger partial charge in [-0.05, 0) is 56.8 Å². The van der Waals surface area contributed by atoms with E-state index in [9.17, 15) is 10.1 Å². The second-order valence-corrected chi connectivity index (χ2v) is 7.00. The zero-order valence-corrected chi connectivity index (χ0v) is 12.6. The van der Waals surface area contributed by atoms with E-state index >= 15 is 0 Å². The zero-order chi connectivity index (χ0) is 14.8. The summed E-state index contributed by atoms with van der Waals surface area (Å²) in [6, 6.07) is 0. The first kappa shape index (κ1) is 15.3. The number of allylic oxidation sites excluding steroid dienone is 1. The highest BCUT2D eigenvalue weighted by atomic mass is 16.9. The third-order valence-electron chi connectivity index (χ3n) is 4.79. The van der Waals surface area contributed by atoms with Crippen molar-refractivity contribution in [3.63, 3.8) is 0 Å². The van der Waals surface area contributed by atoms with E-state index in [1.54, 1.807) is 0 Å². The standard InChI is InChI=1S/C15H26N2O3/c1-3-12-7-13-8-14(2,16)11-15(9-12,10-13)5-4-6-20-17(18)19/h8,12H,3-7,9-11,16H2,1-2H3. The highest BCUT2D eigenvalue weighted by Gasteiger charge is 2.44. The lowest BCUT2D eigenvalue weighted by Gasteiger charge is -2.50. The van der Waals surface area contributed by atoms with Crippen molar-refractivity contribution < 1.29 is 9.92 Å². The Hall–Kier alpha value is -1.10. The molecule has 3 atom stereocenters. The van der Waals surface area contributed by atoms with E-state index in [1.807, 2.05) is 0 Å². The zero-order valence-electron chi connectivity index (χ0n) is 12.6. The third kappa shape index (κ3) is 3.72. The number of nitrogens with two attached hydrogens (primary N) is 1. The van der Waals surface area contributed by atoms with Gasteiger partial charge in [0.15, 0.2) is 0 Å². The Bertz CT molecular complexity index is 406. The van der Waals surface area contributed by atoms with Gasteiger partial charge < -0.3 is 10.6 Å². The molecule has 0 heterocycles. The SMILES string of the molecule is CCC1CC2=CC(C)(N)CC(CCCO[N+](=O)[O-])(C2)C1. The van der Waals surface area contributed by atoms with Crippen molar-refractivity contribution in [2.24, 2.45) is 17.1 Å². The Balaban J connectivity index is 2.02. The highest BCUT2D eigenvalue weighted by molar-refractivity contribution is 5.23. The van der Waals surface area contributed by atoms with Crippen LogP contribution in [0.3, 0.4) is 0 Å². The lowest BCUT2D eigenvalue weighted by molar-refractivity contribution is -0.757. The fourth-order valence-corrected chi connectivity index (χ4v) is 4.41. The fraction of sp³-hybridized carbons (Fsp3) is 0.867. The number of hydrogen-bond donors (Lipinski definition) is 1. The van der Waals surface area contributed by atoms with Crippen molar-refractivity contribution in [2.45, 2.75) is 64.3 Å². The first-order valence-electron chi connectivity index (χ1n) is 7.61. The van der Waals surface area contributed by atoms with Gasteiger partial charge in [-0.15, -0.1) is 10.1 Å². The van der Waals surface area contributed by atoms with Gasteiger partial charge in [0.05, 0.1) is 6.61 Å². The molecule has 2 aliphatic rings. The van der Waals surface area contributed by atoms with Crippen molar-refractivity contribution in [2.75, 3.05) is 6.61 Å². The first-order valence-corrected chi connectivity index (χ1v) is 7.61. The summed E-state index contributed by atoms with van der Waals surface area (Å²) < 4.78 is 0. The molecule has 5 nitrogen and oxygen atoms in total. The number of nitrogens with zero attached hydrogens (tertiary/aromatic N) is 1. The molecule has 2 rings (SSSR count). The monoisotopic (exact) mass is 282 g/mol. The molecule has 0 saturated heterocycles. The second-order valence-electron chi connectivity index (χ2n) is 7.00. The van der Waals surface area contributed by atoms with Gasteiger partial charge in [-0.2, -0.15) is 0 Å². The van der Waals surface area contributed by atoms with E-state index in [0.717, 1.165) is 31.6 Å². The topological polar surface area (TPSA) is 78.4 Å². The van der Waals surface area contributed by atoms with E-state index in [2.05, 4.69) is 24.8 Å². The molecule has 114 valence electrons. The van der Waals surface area contributed by atoms with E-state index in [-0.39, 0.29) is 17.6 Å². The Morgan fingerprint density at radius 2 is 2.35 bits per heavy atom. The summed E-state index contributed by atoms with van der Waals surface area (Å²) >= 11 is 0. The minimum atomic E-state index is -0.702. The van der Waals surface area contributed by atoms with E-state index in [0.29, 0.717) is 0 Å². The molecule has 2 N–H and O–H groups in total. The highest BCUT2D eigenvalue weighted by Crippen LogP contribution is 2.53. The number of fused-ring (bicyclic) bond motifs is 2. The molecule has 2 bridgehead atoms. The molecule has 3 unspecified atom stereocenters. The van der Waals surface area contributed by atoms with Crippen LogP contribution >= 0.6 is 0 Å². The summed E-state index contributed by atoms with van der Waals surface area (Å²) in [5.41, 5.74) is 7.87. The molecule has 0 amide bonds. The van der Waals surface area contributed by atoms with E-state index in [1.165, 1.54) is 24.8 Å². The minimum absolute atomic E-state index is 0.200. The molecule has 1 saturated carbocycles. The predicted molar refractivity (Wildman–Crippen MR) is 77.5 cm³/mol. The summed E-state index contributed by atoms with van der Waals surface area (Å²) in [7, 11) is 0. The van der Waals surface area contributed by atoms with Crippen LogP contribution in [0.4, 0.5) is 0 Å². The lowest BCUT2D eigenvalue weighted by Crippen LogP contribution is -2.47. The first-order chi connectivity index (χ1) is 9.34. The molecular weight excluding hydrogens is 256 g/mol. The third-order valence-corrected chi connectivity index (χ3v) is 4.79. The van der Waals surface area contributed by atoms with Crippen LogP contribution in [0.25, 0.3) is 0 Å². The maximum Gasteiger partial charge on any atom is 0.294 e. The largest absolute Gasteiger partial charge is 0.322 e. The average Bonchev–Trinajstić information content (AvgIpc) is 2.31. The number of hydrogen-bond acceptors (Lipinski definition) is 4. The second kappa shape index (κ2) is 5.72. The normalized spacial score (nSPS) is 36.4. The summed E-state index contributed by atoms with van der Waals surface area (Å²) in [4.78, 5) is 14.7. The van der Waals surface area contributed by atoms with Gasteiger partial charge in [-0.25, -0.2) is 0 Å². The van der Waals surface area contributed by atoms with Crippen LogP contribution in [0, 0.1) is 21.4 Å². The molecule has 5 heteroatoms. The molecule has 0 aromatic carbocycles. The lowest BCUT2D eigenvalue weighted by atomic mass is 9.57. The van der Waals surface area contributed by atoms with E-state index in [4.69, 9.17) is 5.73 Å². The van der Waals surface area contributed by atoms with Crippen LogP contribution in [0.15, 0.2) is 11.6 Å². The average molecular weight is 282 g/mol. The summed E-state index contributed by atoms with van der Waals surface area (Å²) in [6.45, 7) is 4.55. The summed E-state index contributed by atoms with van der Waals surface area (Å²) in [6.07, 6.45) is 9.66. The minimum Gasteiger partial charge on any atom is -0.322 e. The molecule has 0 spiro atoms. The molecule has 0 aliphatic heterocycles. The van der Waals surface area contributed by atoms with Crippen molar-refractivity contribution in [3.8, 4) is 0 Å². The molecule has 0 radical (unpaired) electrons. The summed E-state index contributed by atoms with van der Waals surface area (Å²) in [5, 5.41) is 9.52. The molecule has 20 heavy (non-hydrogen) atoms. The van der Waals surface area contributed by atoms with Crippen LogP contribution in [-0.2, 0) is 4.84 Å². The molecule has 1 fully saturated rings. The van der Waals surface area contributed by atoms with Crippen molar-refractivity contribution in [3.05, 3.63) is 21.8 Å². The Labute approximate surface area is 120 Å². The van der Waals surface area contributed by atoms with Gasteiger partial charge in [0.2, 0.25) is 0 Å². The smallest absolute Gasteiger partial charge is 0.294 e. The molecular formula is C15H26N2O3. The fourth-order valence-electron chi connectivity index (χ4n) is 4.41. The predicted octanol–water partition coefficient (Wildman–Crippen LogP) is 3.22. The Morgan fingerprint density at radius 1 is 1.60 bits per heavy atom. The molecule has 0 aromatic heterocycles. The van der Waals surface area contributed by atoms with Crippen LogP contribution in [0.5, 0.6) is 0 Å². The van der Waals surface area contributed by atoms with Crippen LogP contribution in [-0.4, -0.2) is 17.2 Å².